The highest BCUT2D eigenvalue weighted by Crippen LogP contribution is 2.39. The molecule has 2 unspecified atom stereocenters. The summed E-state index contributed by atoms with van der Waals surface area (Å²) in [6, 6.07) is 8.98. The lowest BCUT2D eigenvalue weighted by atomic mass is 9.95. The molecule has 2 heterocycles. The first kappa shape index (κ1) is 23.9. The Kier molecular flexibility index (Phi) is 6.42. The summed E-state index contributed by atoms with van der Waals surface area (Å²) in [6.45, 7) is -0.862. The zero-order valence-electron chi connectivity index (χ0n) is 19.6. The first-order valence-corrected chi connectivity index (χ1v) is 11.8. The number of hydrogen-bond donors (Lipinski definition) is 1. The molecular formula is C26H25F2N3O5. The number of fused-ring (bicyclic) bond motifs is 1. The van der Waals surface area contributed by atoms with Crippen LogP contribution in [0.4, 0.5) is 14.5 Å². The van der Waals surface area contributed by atoms with Gasteiger partial charge in [0, 0.05) is 36.9 Å². The normalized spacial score (nSPS) is 20.6. The van der Waals surface area contributed by atoms with Crippen molar-refractivity contribution in [3.8, 4) is 11.5 Å². The van der Waals surface area contributed by atoms with Crippen LogP contribution < -0.4 is 14.8 Å². The molecule has 10 heteroatoms. The van der Waals surface area contributed by atoms with Crippen LogP contribution in [0.25, 0.3) is 0 Å². The number of alkyl halides is 2. The number of benzene rings is 2. The summed E-state index contributed by atoms with van der Waals surface area (Å²) in [5.41, 5.74) is 2.30. The molecule has 36 heavy (non-hydrogen) atoms. The summed E-state index contributed by atoms with van der Waals surface area (Å²) in [7, 11) is 0. The second-order valence-electron chi connectivity index (χ2n) is 9.31. The summed E-state index contributed by atoms with van der Waals surface area (Å²) in [6.07, 6.45) is 3.91. The van der Waals surface area contributed by atoms with Gasteiger partial charge < -0.3 is 19.7 Å². The number of anilines is 1. The number of hydrogen-bond acceptors (Lipinski definition) is 5. The van der Waals surface area contributed by atoms with Crippen LogP contribution in [0.1, 0.15) is 53.6 Å². The highest BCUT2D eigenvalue weighted by atomic mass is 19.3. The molecule has 0 spiro atoms. The Morgan fingerprint density at radius 3 is 2.69 bits per heavy atom. The second-order valence-corrected chi connectivity index (χ2v) is 9.31. The Bertz CT molecular complexity index is 1240. The molecule has 1 aliphatic carbocycles. The fraction of sp³-hybridized carbons (Fsp3) is 0.385. The van der Waals surface area contributed by atoms with E-state index in [9.17, 15) is 23.2 Å². The van der Waals surface area contributed by atoms with Gasteiger partial charge >= 0.3 is 6.61 Å². The van der Waals surface area contributed by atoms with Crippen molar-refractivity contribution in [2.75, 3.05) is 18.5 Å². The molecule has 188 valence electrons. The Morgan fingerprint density at radius 2 is 1.97 bits per heavy atom. The molecule has 3 amide bonds. The molecule has 5 rings (SSSR count). The number of likely N-dealkylation sites (tertiary alicyclic amines) is 1. The van der Waals surface area contributed by atoms with Gasteiger partial charge in [-0.2, -0.15) is 8.78 Å². The van der Waals surface area contributed by atoms with Crippen molar-refractivity contribution in [2.24, 2.45) is 10.9 Å². The molecule has 1 N–H and O–H groups in total. The maximum Gasteiger partial charge on any atom is 0.387 e. The number of nitrogens with one attached hydrogen (secondary N) is 1. The van der Waals surface area contributed by atoms with Crippen molar-refractivity contribution in [2.45, 2.75) is 44.8 Å². The lowest BCUT2D eigenvalue weighted by molar-refractivity contribution is -0.134. The minimum atomic E-state index is -2.98. The number of halogens is 2. The van der Waals surface area contributed by atoms with Gasteiger partial charge in [0.15, 0.2) is 11.5 Å². The molecule has 2 aromatic rings. The van der Waals surface area contributed by atoms with E-state index < -0.39 is 12.7 Å². The van der Waals surface area contributed by atoms with E-state index in [1.807, 2.05) is 0 Å². The van der Waals surface area contributed by atoms with E-state index in [4.69, 9.17) is 4.74 Å². The van der Waals surface area contributed by atoms with E-state index in [0.717, 1.165) is 18.4 Å². The predicted octanol–water partition coefficient (Wildman–Crippen LogP) is 3.99. The third-order valence-electron chi connectivity index (χ3n) is 6.71. The number of carbonyl (C=O) groups is 3. The number of amides is 3. The highest BCUT2D eigenvalue weighted by molar-refractivity contribution is 6.13. The van der Waals surface area contributed by atoms with Gasteiger partial charge in [0.2, 0.25) is 11.8 Å². The van der Waals surface area contributed by atoms with Crippen molar-refractivity contribution in [3.63, 3.8) is 0 Å². The van der Waals surface area contributed by atoms with E-state index in [1.54, 1.807) is 30.3 Å². The molecule has 1 saturated heterocycles. The zero-order valence-corrected chi connectivity index (χ0v) is 19.6. The largest absolute Gasteiger partial charge is 0.489 e. The predicted molar refractivity (Wildman–Crippen MR) is 127 cm³/mol. The van der Waals surface area contributed by atoms with E-state index in [2.05, 4.69) is 15.0 Å². The Hall–Kier alpha value is -3.82. The number of ether oxygens (including phenoxy) is 2. The number of carbonyl (C=O) groups excluding carboxylic acids is 3. The molecule has 1 saturated carbocycles. The van der Waals surface area contributed by atoms with Crippen molar-refractivity contribution < 1.29 is 32.6 Å². The fourth-order valence-electron chi connectivity index (χ4n) is 4.61. The topological polar surface area (TPSA) is 97.3 Å². The molecular weight excluding hydrogens is 472 g/mol. The van der Waals surface area contributed by atoms with Gasteiger partial charge in [-0.15, -0.1) is 0 Å². The molecule has 3 aliphatic rings. The monoisotopic (exact) mass is 497 g/mol. The number of aliphatic imine (C=N–C) groups is 1. The smallest absolute Gasteiger partial charge is 0.387 e. The van der Waals surface area contributed by atoms with Gasteiger partial charge in [-0.25, -0.2) is 4.99 Å². The number of rotatable bonds is 8. The fourth-order valence-corrected chi connectivity index (χ4v) is 4.61. The Balaban J connectivity index is 1.33. The van der Waals surface area contributed by atoms with Crippen LogP contribution >= 0.6 is 0 Å². The molecule has 0 aromatic heterocycles. The summed E-state index contributed by atoms with van der Waals surface area (Å²) in [5, 5.41) is 2.80. The second kappa shape index (κ2) is 9.67. The van der Waals surface area contributed by atoms with Crippen molar-refractivity contribution in [1.29, 1.82) is 0 Å². The third kappa shape index (κ3) is 5.07. The first-order valence-electron chi connectivity index (χ1n) is 11.8. The maximum absolute atomic E-state index is 13.2. The van der Waals surface area contributed by atoms with Crippen LogP contribution in [0.3, 0.4) is 0 Å². The Morgan fingerprint density at radius 1 is 1.17 bits per heavy atom. The Labute approximate surface area is 206 Å². The van der Waals surface area contributed by atoms with E-state index in [1.165, 1.54) is 24.1 Å². The van der Waals surface area contributed by atoms with Crippen molar-refractivity contribution in [1.82, 2.24) is 4.90 Å². The number of nitrogens with zero attached hydrogens (tertiary/aromatic N) is 2. The molecule has 2 aromatic carbocycles. The van der Waals surface area contributed by atoms with Crippen LogP contribution in [0.5, 0.6) is 11.5 Å². The third-order valence-corrected chi connectivity index (χ3v) is 6.71. The molecule has 2 aliphatic heterocycles. The van der Waals surface area contributed by atoms with E-state index in [-0.39, 0.29) is 35.1 Å². The van der Waals surface area contributed by atoms with Gasteiger partial charge in [0.25, 0.3) is 5.91 Å². The average molecular weight is 497 g/mol. The lowest BCUT2D eigenvalue weighted by Gasteiger charge is -2.22. The van der Waals surface area contributed by atoms with Crippen LogP contribution in [-0.4, -0.2) is 54.6 Å². The van der Waals surface area contributed by atoms with Gasteiger partial charge in [0.05, 0.1) is 12.2 Å². The van der Waals surface area contributed by atoms with Crippen LogP contribution in [-0.2, 0) is 9.59 Å². The van der Waals surface area contributed by atoms with E-state index in [0.29, 0.717) is 42.3 Å². The lowest BCUT2D eigenvalue weighted by Crippen LogP contribution is -2.42. The van der Waals surface area contributed by atoms with Gasteiger partial charge in [-0.1, -0.05) is 12.1 Å². The summed E-state index contributed by atoms with van der Waals surface area (Å²) in [4.78, 5) is 42.7. The van der Waals surface area contributed by atoms with Gasteiger partial charge in [-0.3, -0.25) is 14.4 Å². The van der Waals surface area contributed by atoms with Crippen LogP contribution in [0.15, 0.2) is 41.4 Å². The molecule has 2 atom stereocenters. The molecule has 2 fully saturated rings. The van der Waals surface area contributed by atoms with E-state index >= 15 is 0 Å². The van der Waals surface area contributed by atoms with Crippen molar-refractivity contribution >= 4 is 29.6 Å². The highest BCUT2D eigenvalue weighted by Gasteiger charge is 2.39. The summed E-state index contributed by atoms with van der Waals surface area (Å²) >= 11 is 0. The minimum Gasteiger partial charge on any atom is -0.489 e. The van der Waals surface area contributed by atoms with Gasteiger partial charge in [0.1, 0.15) is 6.04 Å². The maximum atomic E-state index is 13.2. The summed E-state index contributed by atoms with van der Waals surface area (Å²) < 4.78 is 36.1. The molecule has 8 nitrogen and oxygen atoms in total. The minimum absolute atomic E-state index is 0.0414. The van der Waals surface area contributed by atoms with Gasteiger partial charge in [-0.05, 0) is 55.0 Å². The SMILES string of the molecule is CC(=O)N1CC(c2ccc(OC(F)F)c(OCC3CC3)c2)CC1C(=O)Nc1ccc2c(c1)C(=O)N=C2. The standard InChI is InChI=1S/C26H25F2N3O5/c1-14(32)31-12-18(16-5-7-22(36-26(27)28)23(9-16)35-13-15-2-3-15)8-21(31)25(34)30-19-6-4-17-11-29-24(33)20(17)10-19/h4-7,9-11,15,18,21,26H,2-3,8,12-13H2,1H3,(H,30,34). The van der Waals surface area contributed by atoms with Crippen LogP contribution in [0.2, 0.25) is 0 Å². The molecule has 0 bridgehead atoms. The zero-order chi connectivity index (χ0) is 25.4. The first-order chi connectivity index (χ1) is 17.3. The quantitative estimate of drug-likeness (QED) is 0.595. The summed E-state index contributed by atoms with van der Waals surface area (Å²) in [5.74, 6) is -0.594. The molecule has 0 radical (unpaired) electrons. The average Bonchev–Trinajstić information content (AvgIpc) is 3.44. The van der Waals surface area contributed by atoms with Crippen LogP contribution in [0, 0.1) is 5.92 Å². The van der Waals surface area contributed by atoms with Crippen molar-refractivity contribution in [3.05, 3.63) is 53.1 Å².